The summed E-state index contributed by atoms with van der Waals surface area (Å²) in [6.45, 7) is 0. The van der Waals surface area contributed by atoms with Crippen molar-refractivity contribution in [2.24, 2.45) is 0 Å². The molecule has 1 aromatic heterocycles. The van der Waals surface area contributed by atoms with Crippen molar-refractivity contribution in [2.75, 3.05) is 0 Å². The number of rotatable bonds is 3. The van der Waals surface area contributed by atoms with Gasteiger partial charge in [0.1, 0.15) is 0 Å². The molecule has 0 radical (unpaired) electrons. The molecule has 3 heteroatoms. The molecule has 2 nitrogen and oxygen atoms in total. The van der Waals surface area contributed by atoms with Gasteiger partial charge in [0.2, 0.25) is 0 Å². The lowest BCUT2D eigenvalue weighted by molar-refractivity contribution is 1.22. The molecule has 0 atom stereocenters. The number of halogens is 1. The first kappa shape index (κ1) is 16.6. The van der Waals surface area contributed by atoms with E-state index in [1.807, 2.05) is 78.9 Å². The van der Waals surface area contributed by atoms with Crippen molar-refractivity contribution in [2.45, 2.75) is 0 Å². The van der Waals surface area contributed by atoms with Crippen molar-refractivity contribution < 1.29 is 0 Å². The van der Waals surface area contributed by atoms with Crippen LogP contribution >= 0.6 is 15.9 Å². The molecule has 0 spiro atoms. The molecule has 0 fully saturated rings. The van der Waals surface area contributed by atoms with Gasteiger partial charge in [-0.3, -0.25) is 4.79 Å². The summed E-state index contributed by atoms with van der Waals surface area (Å²) in [4.78, 5) is 15.8. The number of pyridine rings is 1. The average Bonchev–Trinajstić information content (AvgIpc) is 2.71. The van der Waals surface area contributed by atoms with Gasteiger partial charge in [-0.05, 0) is 32.6 Å². The lowest BCUT2D eigenvalue weighted by atomic mass is 9.91. The quantitative estimate of drug-likeness (QED) is 0.439. The van der Waals surface area contributed by atoms with E-state index in [4.69, 9.17) is 0 Å². The third-order valence-electron chi connectivity index (χ3n) is 4.34. The van der Waals surface area contributed by atoms with Crippen molar-refractivity contribution in [3.63, 3.8) is 0 Å². The predicted octanol–water partition coefficient (Wildman–Crippen LogP) is 6.14. The zero-order valence-electron chi connectivity index (χ0n) is 13.9. The van der Waals surface area contributed by atoms with Crippen molar-refractivity contribution in [3.8, 4) is 33.5 Å². The standard InChI is InChI=1S/C23H16BrNO/c24-21-19(16-10-4-1-5-11-16)20(17-12-6-2-7-13-17)22(25-23(21)26)18-14-8-3-9-15-18/h1-15H,(H,25,26). The summed E-state index contributed by atoms with van der Waals surface area (Å²) >= 11 is 3.53. The molecule has 4 aromatic rings. The van der Waals surface area contributed by atoms with Gasteiger partial charge >= 0.3 is 0 Å². The van der Waals surface area contributed by atoms with Gasteiger partial charge in [-0.1, -0.05) is 91.0 Å². The molecule has 4 rings (SSSR count). The highest BCUT2D eigenvalue weighted by Gasteiger charge is 2.19. The maximum Gasteiger partial charge on any atom is 0.263 e. The molecular weight excluding hydrogens is 386 g/mol. The van der Waals surface area contributed by atoms with E-state index in [2.05, 4.69) is 33.0 Å². The first-order valence-electron chi connectivity index (χ1n) is 8.38. The Hall–Kier alpha value is -2.91. The Balaban J connectivity index is 2.14. The molecule has 0 amide bonds. The minimum atomic E-state index is -0.137. The number of aromatic amines is 1. The van der Waals surface area contributed by atoms with Gasteiger partial charge in [0.25, 0.3) is 5.56 Å². The van der Waals surface area contributed by atoms with E-state index in [1.165, 1.54) is 0 Å². The van der Waals surface area contributed by atoms with Crippen LogP contribution in [0, 0.1) is 0 Å². The zero-order valence-corrected chi connectivity index (χ0v) is 15.5. The van der Waals surface area contributed by atoms with E-state index in [0.717, 1.165) is 33.5 Å². The van der Waals surface area contributed by atoms with Crippen molar-refractivity contribution in [1.82, 2.24) is 4.98 Å². The monoisotopic (exact) mass is 401 g/mol. The van der Waals surface area contributed by atoms with Crippen LogP contribution in [0.5, 0.6) is 0 Å². The van der Waals surface area contributed by atoms with Gasteiger partial charge in [0.15, 0.2) is 0 Å². The van der Waals surface area contributed by atoms with Crippen LogP contribution in [0.3, 0.4) is 0 Å². The Morgan fingerprint density at radius 2 is 1.00 bits per heavy atom. The van der Waals surface area contributed by atoms with E-state index in [1.54, 1.807) is 0 Å². The Bertz CT molecular complexity index is 1090. The smallest absolute Gasteiger partial charge is 0.263 e. The van der Waals surface area contributed by atoms with Crippen molar-refractivity contribution in [3.05, 3.63) is 106 Å². The van der Waals surface area contributed by atoms with Crippen LogP contribution in [0.15, 0.2) is 100 Å². The molecule has 0 aliphatic heterocycles. The minimum Gasteiger partial charge on any atom is -0.320 e. The van der Waals surface area contributed by atoms with Crippen LogP contribution in [-0.2, 0) is 0 Å². The maximum atomic E-state index is 12.7. The SMILES string of the molecule is O=c1[nH]c(-c2ccccc2)c(-c2ccccc2)c(-c2ccccc2)c1Br. The average molecular weight is 402 g/mol. The van der Waals surface area contributed by atoms with E-state index >= 15 is 0 Å². The summed E-state index contributed by atoms with van der Waals surface area (Å²) in [5.74, 6) is 0. The van der Waals surface area contributed by atoms with Crippen LogP contribution < -0.4 is 5.56 Å². The first-order valence-corrected chi connectivity index (χ1v) is 9.17. The summed E-state index contributed by atoms with van der Waals surface area (Å²) in [6, 6.07) is 30.1. The number of hydrogen-bond donors (Lipinski definition) is 1. The molecule has 0 unspecified atom stereocenters. The number of aromatic nitrogens is 1. The molecule has 126 valence electrons. The molecule has 0 bridgehead atoms. The molecule has 1 N–H and O–H groups in total. The second kappa shape index (κ2) is 7.14. The molecular formula is C23H16BrNO. The highest BCUT2D eigenvalue weighted by atomic mass is 79.9. The largest absolute Gasteiger partial charge is 0.320 e. The van der Waals surface area contributed by atoms with E-state index < -0.39 is 0 Å². The lowest BCUT2D eigenvalue weighted by Crippen LogP contribution is -2.11. The molecule has 0 aliphatic carbocycles. The third kappa shape index (κ3) is 3.02. The molecule has 0 aliphatic rings. The second-order valence-electron chi connectivity index (χ2n) is 5.99. The lowest BCUT2D eigenvalue weighted by Gasteiger charge is -2.17. The summed E-state index contributed by atoms with van der Waals surface area (Å²) in [5.41, 5.74) is 5.64. The predicted molar refractivity (Wildman–Crippen MR) is 111 cm³/mol. The first-order chi connectivity index (χ1) is 12.8. The van der Waals surface area contributed by atoms with Crippen LogP contribution in [-0.4, -0.2) is 4.98 Å². The topological polar surface area (TPSA) is 32.9 Å². The fourth-order valence-corrected chi connectivity index (χ4v) is 3.70. The Kier molecular flexibility index (Phi) is 4.55. The summed E-state index contributed by atoms with van der Waals surface area (Å²) in [7, 11) is 0. The van der Waals surface area contributed by atoms with Gasteiger partial charge in [-0.25, -0.2) is 0 Å². The van der Waals surface area contributed by atoms with Crippen LogP contribution in [0.4, 0.5) is 0 Å². The van der Waals surface area contributed by atoms with E-state index in [9.17, 15) is 4.79 Å². The van der Waals surface area contributed by atoms with Gasteiger partial charge < -0.3 is 4.98 Å². The molecule has 1 heterocycles. The Morgan fingerprint density at radius 1 is 0.577 bits per heavy atom. The fourth-order valence-electron chi connectivity index (χ4n) is 3.17. The third-order valence-corrected chi connectivity index (χ3v) is 5.10. The van der Waals surface area contributed by atoms with E-state index in [-0.39, 0.29) is 5.56 Å². The summed E-state index contributed by atoms with van der Waals surface area (Å²) in [6.07, 6.45) is 0. The van der Waals surface area contributed by atoms with Gasteiger partial charge in [-0.2, -0.15) is 0 Å². The van der Waals surface area contributed by atoms with Crippen molar-refractivity contribution >= 4 is 15.9 Å². The second-order valence-corrected chi connectivity index (χ2v) is 6.78. The highest BCUT2D eigenvalue weighted by molar-refractivity contribution is 9.10. The van der Waals surface area contributed by atoms with Gasteiger partial charge in [0.05, 0.1) is 10.2 Å². The molecule has 0 saturated heterocycles. The van der Waals surface area contributed by atoms with Crippen LogP contribution in [0.25, 0.3) is 33.5 Å². The van der Waals surface area contributed by atoms with E-state index in [0.29, 0.717) is 4.47 Å². The van der Waals surface area contributed by atoms with Crippen molar-refractivity contribution in [1.29, 1.82) is 0 Å². The Labute approximate surface area is 160 Å². The number of nitrogens with one attached hydrogen (secondary N) is 1. The zero-order chi connectivity index (χ0) is 17.9. The summed E-state index contributed by atoms with van der Waals surface area (Å²) < 4.78 is 0.544. The Morgan fingerprint density at radius 3 is 1.50 bits per heavy atom. The van der Waals surface area contributed by atoms with Gasteiger partial charge in [-0.15, -0.1) is 0 Å². The fraction of sp³-hybridized carbons (Fsp3) is 0. The normalized spacial score (nSPS) is 10.7. The summed E-state index contributed by atoms with van der Waals surface area (Å²) in [5, 5.41) is 0. The number of benzene rings is 3. The highest BCUT2D eigenvalue weighted by Crippen LogP contribution is 2.41. The minimum absolute atomic E-state index is 0.137. The number of H-pyrrole nitrogens is 1. The molecule has 3 aromatic carbocycles. The number of hydrogen-bond acceptors (Lipinski definition) is 1. The molecule has 0 saturated carbocycles. The van der Waals surface area contributed by atoms with Crippen LogP contribution in [0.2, 0.25) is 0 Å². The van der Waals surface area contributed by atoms with Crippen LogP contribution in [0.1, 0.15) is 0 Å². The van der Waals surface area contributed by atoms with Gasteiger partial charge in [0, 0.05) is 11.1 Å². The molecule has 26 heavy (non-hydrogen) atoms. The maximum absolute atomic E-state index is 12.7.